The van der Waals surface area contributed by atoms with Crippen LogP contribution in [0.4, 0.5) is 5.00 Å². The monoisotopic (exact) mass is 543 g/mol. The lowest BCUT2D eigenvalue weighted by molar-refractivity contribution is -0.117. The smallest absolute Gasteiger partial charge is 0.341 e. The number of aryl methyl sites for hydroxylation is 1. The quantitative estimate of drug-likeness (QED) is 0.434. The summed E-state index contributed by atoms with van der Waals surface area (Å²) in [7, 11) is -0.797. The molecule has 1 fully saturated rings. The van der Waals surface area contributed by atoms with Crippen LogP contribution in [0.3, 0.4) is 0 Å². The second kappa shape index (κ2) is 11.4. The largest absolute Gasteiger partial charge is 0.497 e. The maximum atomic E-state index is 13.0. The van der Waals surface area contributed by atoms with Crippen LogP contribution in [0, 0.1) is 6.92 Å². The number of carbonyl (C=O) groups excluding carboxylic acids is 2. The van der Waals surface area contributed by atoms with Gasteiger partial charge in [-0.3, -0.25) is 9.69 Å². The molecule has 1 aliphatic heterocycles. The number of rotatable bonds is 8. The molecule has 3 aromatic rings. The van der Waals surface area contributed by atoms with Crippen LogP contribution in [-0.4, -0.2) is 76.4 Å². The SMILES string of the molecule is COC(=O)c1c(-c2ccc(C)cc2)csc1NC(=O)CN1CCN(S(=O)(=O)c2ccc(OC)cc2)CC1. The number of sulfonamides is 1. The Morgan fingerprint density at radius 3 is 2.22 bits per heavy atom. The van der Waals surface area contributed by atoms with Gasteiger partial charge in [0.1, 0.15) is 16.3 Å². The van der Waals surface area contributed by atoms with E-state index in [-0.39, 0.29) is 30.4 Å². The molecule has 2 heterocycles. The Balaban J connectivity index is 1.39. The number of hydrogen-bond acceptors (Lipinski definition) is 8. The molecule has 1 aromatic heterocycles. The van der Waals surface area contributed by atoms with Crippen LogP contribution in [-0.2, 0) is 19.6 Å². The van der Waals surface area contributed by atoms with Gasteiger partial charge in [0.25, 0.3) is 0 Å². The minimum atomic E-state index is -3.63. The van der Waals surface area contributed by atoms with E-state index < -0.39 is 16.0 Å². The molecule has 1 amide bonds. The van der Waals surface area contributed by atoms with E-state index in [1.165, 1.54) is 42.0 Å². The van der Waals surface area contributed by atoms with Gasteiger partial charge in [-0.1, -0.05) is 29.8 Å². The molecule has 0 spiro atoms. The highest BCUT2D eigenvalue weighted by molar-refractivity contribution is 7.89. The normalized spacial score (nSPS) is 14.8. The van der Waals surface area contributed by atoms with Gasteiger partial charge in [-0.25, -0.2) is 13.2 Å². The molecule has 0 saturated carbocycles. The van der Waals surface area contributed by atoms with Gasteiger partial charge >= 0.3 is 5.97 Å². The fourth-order valence-electron chi connectivity index (χ4n) is 4.09. The molecule has 0 aliphatic carbocycles. The van der Waals surface area contributed by atoms with Crippen molar-refractivity contribution in [2.75, 3.05) is 52.3 Å². The van der Waals surface area contributed by atoms with Crippen LogP contribution in [0.1, 0.15) is 15.9 Å². The maximum absolute atomic E-state index is 13.0. The van der Waals surface area contributed by atoms with E-state index in [0.29, 0.717) is 35.0 Å². The second-order valence-corrected chi connectivity index (χ2v) is 11.4. The zero-order valence-corrected chi connectivity index (χ0v) is 22.5. The number of piperazine rings is 1. The van der Waals surface area contributed by atoms with E-state index in [1.807, 2.05) is 41.5 Å². The minimum absolute atomic E-state index is 0.0782. The average molecular weight is 544 g/mol. The number of carbonyl (C=O) groups is 2. The van der Waals surface area contributed by atoms with Crippen molar-refractivity contribution in [2.24, 2.45) is 0 Å². The Bertz CT molecular complexity index is 1360. The summed E-state index contributed by atoms with van der Waals surface area (Å²) in [4.78, 5) is 27.5. The van der Waals surface area contributed by atoms with E-state index in [9.17, 15) is 18.0 Å². The number of hydrogen-bond donors (Lipinski definition) is 1. The van der Waals surface area contributed by atoms with E-state index >= 15 is 0 Å². The van der Waals surface area contributed by atoms with Gasteiger partial charge in [-0.15, -0.1) is 11.3 Å². The van der Waals surface area contributed by atoms with Crippen molar-refractivity contribution in [3.8, 4) is 16.9 Å². The highest BCUT2D eigenvalue weighted by atomic mass is 32.2. The molecular formula is C26H29N3O6S2. The molecule has 0 atom stereocenters. The highest BCUT2D eigenvalue weighted by Crippen LogP contribution is 2.36. The van der Waals surface area contributed by atoms with Crippen molar-refractivity contribution < 1.29 is 27.5 Å². The Morgan fingerprint density at radius 2 is 1.62 bits per heavy atom. The first-order chi connectivity index (χ1) is 17.7. The number of amides is 1. The first kappa shape index (κ1) is 26.8. The molecule has 1 aliphatic rings. The van der Waals surface area contributed by atoms with Crippen molar-refractivity contribution in [1.29, 1.82) is 0 Å². The zero-order chi connectivity index (χ0) is 26.6. The molecule has 2 aromatic carbocycles. The van der Waals surface area contributed by atoms with Crippen LogP contribution in [0.25, 0.3) is 11.1 Å². The predicted molar refractivity (Wildman–Crippen MR) is 143 cm³/mol. The third-order valence-electron chi connectivity index (χ3n) is 6.19. The molecule has 11 heteroatoms. The summed E-state index contributed by atoms with van der Waals surface area (Å²) < 4.78 is 37.4. The number of esters is 1. The third kappa shape index (κ3) is 6.02. The lowest BCUT2D eigenvalue weighted by Crippen LogP contribution is -2.50. The van der Waals surface area contributed by atoms with Crippen molar-refractivity contribution in [3.05, 3.63) is 65.0 Å². The average Bonchev–Trinajstić information content (AvgIpc) is 3.32. The number of anilines is 1. The lowest BCUT2D eigenvalue weighted by Gasteiger charge is -2.33. The van der Waals surface area contributed by atoms with Gasteiger partial charge in [0.05, 0.1) is 25.7 Å². The molecule has 37 heavy (non-hydrogen) atoms. The van der Waals surface area contributed by atoms with E-state index in [2.05, 4.69) is 5.32 Å². The molecule has 1 N–H and O–H groups in total. The topological polar surface area (TPSA) is 105 Å². The van der Waals surface area contributed by atoms with Crippen molar-refractivity contribution in [3.63, 3.8) is 0 Å². The summed E-state index contributed by atoms with van der Waals surface area (Å²) in [6.45, 7) is 3.42. The number of thiophene rings is 1. The summed E-state index contributed by atoms with van der Waals surface area (Å²) in [5.74, 6) is -0.222. The van der Waals surface area contributed by atoms with Gasteiger partial charge in [0.15, 0.2) is 0 Å². The summed E-state index contributed by atoms with van der Waals surface area (Å²) in [6.07, 6.45) is 0. The van der Waals surface area contributed by atoms with Crippen molar-refractivity contribution in [2.45, 2.75) is 11.8 Å². The third-order valence-corrected chi connectivity index (χ3v) is 9.00. The maximum Gasteiger partial charge on any atom is 0.341 e. The molecular weight excluding hydrogens is 514 g/mol. The number of nitrogens with one attached hydrogen (secondary N) is 1. The first-order valence-corrected chi connectivity index (χ1v) is 14.0. The van der Waals surface area contributed by atoms with Gasteiger partial charge in [-0.2, -0.15) is 4.31 Å². The van der Waals surface area contributed by atoms with Crippen LogP contribution in [0.15, 0.2) is 58.8 Å². The number of nitrogens with zero attached hydrogens (tertiary/aromatic N) is 2. The first-order valence-electron chi connectivity index (χ1n) is 11.7. The second-order valence-electron chi connectivity index (χ2n) is 8.62. The van der Waals surface area contributed by atoms with Crippen LogP contribution >= 0.6 is 11.3 Å². The minimum Gasteiger partial charge on any atom is -0.497 e. The van der Waals surface area contributed by atoms with E-state index in [0.717, 1.165) is 11.1 Å². The van der Waals surface area contributed by atoms with Gasteiger partial charge < -0.3 is 14.8 Å². The summed E-state index contributed by atoms with van der Waals surface area (Å²) in [5.41, 5.74) is 2.98. The van der Waals surface area contributed by atoms with E-state index in [4.69, 9.17) is 9.47 Å². The number of methoxy groups -OCH3 is 2. The summed E-state index contributed by atoms with van der Waals surface area (Å²) in [6, 6.07) is 14.1. The van der Waals surface area contributed by atoms with Gasteiger partial charge in [0.2, 0.25) is 15.9 Å². The molecule has 0 unspecified atom stereocenters. The Hall–Kier alpha value is -3.25. The van der Waals surface area contributed by atoms with Crippen molar-refractivity contribution in [1.82, 2.24) is 9.21 Å². The van der Waals surface area contributed by atoms with Crippen LogP contribution in [0.2, 0.25) is 0 Å². The fraction of sp³-hybridized carbons (Fsp3) is 0.308. The predicted octanol–water partition coefficient (Wildman–Crippen LogP) is 3.46. The summed E-state index contributed by atoms with van der Waals surface area (Å²) in [5, 5.41) is 5.10. The molecule has 0 bridgehead atoms. The van der Waals surface area contributed by atoms with Crippen molar-refractivity contribution >= 4 is 38.2 Å². The Kier molecular flexibility index (Phi) is 8.28. The molecule has 1 saturated heterocycles. The molecule has 9 nitrogen and oxygen atoms in total. The standard InChI is InChI=1S/C26H29N3O6S2/c1-18-4-6-19(7-5-18)22-17-36-25(24(22)26(31)35-3)27-23(30)16-28-12-14-29(15-13-28)37(32,33)21-10-8-20(34-2)9-11-21/h4-11,17H,12-16H2,1-3H3,(H,27,30). The molecule has 0 radical (unpaired) electrons. The van der Waals surface area contributed by atoms with Crippen LogP contribution in [0.5, 0.6) is 5.75 Å². The van der Waals surface area contributed by atoms with Gasteiger partial charge in [-0.05, 0) is 36.8 Å². The highest BCUT2D eigenvalue weighted by Gasteiger charge is 2.29. The fourth-order valence-corrected chi connectivity index (χ4v) is 6.49. The van der Waals surface area contributed by atoms with Gasteiger partial charge in [0, 0.05) is 37.1 Å². The zero-order valence-electron chi connectivity index (χ0n) is 20.9. The Morgan fingerprint density at radius 1 is 0.973 bits per heavy atom. The van der Waals surface area contributed by atoms with E-state index in [1.54, 1.807) is 12.1 Å². The Labute approximate surface area is 220 Å². The lowest BCUT2D eigenvalue weighted by atomic mass is 10.0. The number of ether oxygens (including phenoxy) is 2. The molecule has 4 rings (SSSR count). The van der Waals surface area contributed by atoms with Crippen LogP contribution < -0.4 is 10.1 Å². The summed E-state index contributed by atoms with van der Waals surface area (Å²) >= 11 is 1.27. The number of benzene rings is 2. The molecule has 196 valence electrons.